The number of anilines is 1. The predicted octanol–water partition coefficient (Wildman–Crippen LogP) is 5.80. The number of nitrogens with one attached hydrogen (secondary N) is 2. The van der Waals surface area contributed by atoms with Crippen LogP contribution in [0.25, 0.3) is 5.69 Å². The number of aromatic nitrogens is 3. The summed E-state index contributed by atoms with van der Waals surface area (Å²) in [5.74, 6) is 0.385. The highest BCUT2D eigenvalue weighted by Gasteiger charge is 2.19. The number of benzene rings is 3. The van der Waals surface area contributed by atoms with Crippen molar-refractivity contribution in [1.29, 1.82) is 0 Å². The first-order valence-electron chi connectivity index (χ1n) is 14.3. The van der Waals surface area contributed by atoms with Crippen LogP contribution in [0.1, 0.15) is 66.7 Å². The number of hydrogen-bond donors (Lipinski definition) is 2. The first-order chi connectivity index (χ1) is 21.1. The van der Waals surface area contributed by atoms with Crippen molar-refractivity contribution in [3.63, 3.8) is 0 Å². The summed E-state index contributed by atoms with van der Waals surface area (Å²) in [5, 5.41) is 14.9. The minimum atomic E-state index is -0.417. The number of thioether (sulfide) groups is 1. The average Bonchev–Trinajstić information content (AvgIpc) is 3.42. The van der Waals surface area contributed by atoms with Gasteiger partial charge in [0, 0.05) is 16.9 Å². The van der Waals surface area contributed by atoms with Crippen molar-refractivity contribution in [1.82, 2.24) is 20.1 Å². The van der Waals surface area contributed by atoms with Crippen molar-refractivity contribution in [3.8, 4) is 11.4 Å². The second-order valence-electron chi connectivity index (χ2n) is 10.8. The van der Waals surface area contributed by atoms with Crippen LogP contribution in [0.5, 0.6) is 5.75 Å². The summed E-state index contributed by atoms with van der Waals surface area (Å²) < 4.78 is 12.4. The molecule has 0 spiro atoms. The molecule has 0 atom stereocenters. The average molecular weight is 616 g/mol. The number of esters is 1. The van der Waals surface area contributed by atoms with E-state index in [1.807, 2.05) is 60.0 Å². The van der Waals surface area contributed by atoms with Crippen molar-refractivity contribution in [2.45, 2.75) is 51.7 Å². The highest BCUT2D eigenvalue weighted by Crippen LogP contribution is 2.25. The Morgan fingerprint density at radius 3 is 2.11 bits per heavy atom. The van der Waals surface area contributed by atoms with Crippen LogP contribution in [0, 0.1) is 0 Å². The molecule has 2 amide bonds. The maximum atomic E-state index is 13.0. The first kappa shape index (κ1) is 32.3. The van der Waals surface area contributed by atoms with Gasteiger partial charge in [0.25, 0.3) is 5.91 Å². The minimum absolute atomic E-state index is 0.0111. The number of nitrogens with zero attached hydrogens (tertiary/aromatic N) is 3. The van der Waals surface area contributed by atoms with Crippen LogP contribution in [0.2, 0.25) is 0 Å². The Bertz CT molecular complexity index is 1580. The number of carbonyl (C=O) groups is 3. The number of ether oxygens (including phenoxy) is 2. The first-order valence-corrected chi connectivity index (χ1v) is 15.3. The molecule has 0 saturated carbocycles. The summed E-state index contributed by atoms with van der Waals surface area (Å²) in [6, 6.07) is 21.5. The number of rotatable bonds is 12. The van der Waals surface area contributed by atoms with E-state index in [0.29, 0.717) is 34.4 Å². The minimum Gasteiger partial charge on any atom is -0.494 e. The lowest BCUT2D eigenvalue weighted by atomic mass is 9.87. The maximum Gasteiger partial charge on any atom is 0.338 e. The maximum absolute atomic E-state index is 13.0. The Labute approximate surface area is 261 Å². The molecule has 1 aromatic heterocycles. The second-order valence-corrected chi connectivity index (χ2v) is 11.7. The van der Waals surface area contributed by atoms with Gasteiger partial charge >= 0.3 is 5.97 Å². The molecule has 0 aliphatic rings. The normalized spacial score (nSPS) is 11.1. The Balaban J connectivity index is 1.47. The molecule has 4 rings (SSSR count). The van der Waals surface area contributed by atoms with Crippen molar-refractivity contribution >= 4 is 35.2 Å². The summed E-state index contributed by atoms with van der Waals surface area (Å²) >= 11 is 1.21. The van der Waals surface area contributed by atoms with Gasteiger partial charge in [0.1, 0.15) is 5.75 Å². The standard InChI is InChI=1S/C33H37N5O5S/c1-6-42-27-18-16-26(17-19-27)38-28(20-34-30(40)22-8-12-24(13-9-22)33(3,4)5)36-37-32(38)44-21-29(39)35-25-14-10-23(11-15-25)31(41)43-7-2/h8-19H,6-7,20-21H2,1-5H3,(H,34,40)(H,35,39). The lowest BCUT2D eigenvalue weighted by Gasteiger charge is -2.19. The lowest BCUT2D eigenvalue weighted by Crippen LogP contribution is -2.25. The van der Waals surface area contributed by atoms with E-state index >= 15 is 0 Å². The quantitative estimate of drug-likeness (QED) is 0.151. The van der Waals surface area contributed by atoms with Gasteiger partial charge in [0.15, 0.2) is 11.0 Å². The van der Waals surface area contributed by atoms with Gasteiger partial charge < -0.3 is 20.1 Å². The zero-order valence-electron chi connectivity index (χ0n) is 25.5. The Morgan fingerprint density at radius 2 is 1.50 bits per heavy atom. The van der Waals surface area contributed by atoms with Gasteiger partial charge in [-0.1, -0.05) is 44.7 Å². The summed E-state index contributed by atoms with van der Waals surface area (Å²) in [4.78, 5) is 37.6. The molecule has 11 heteroatoms. The molecule has 4 aromatic rings. The fourth-order valence-corrected chi connectivity index (χ4v) is 5.01. The third-order valence-electron chi connectivity index (χ3n) is 6.54. The van der Waals surface area contributed by atoms with Crippen LogP contribution >= 0.6 is 11.8 Å². The molecule has 0 fully saturated rings. The van der Waals surface area contributed by atoms with E-state index < -0.39 is 5.97 Å². The molecular formula is C33H37N5O5S. The molecule has 3 aromatic carbocycles. The molecular weight excluding hydrogens is 578 g/mol. The molecule has 0 aliphatic heterocycles. The molecule has 2 N–H and O–H groups in total. The monoisotopic (exact) mass is 615 g/mol. The molecule has 44 heavy (non-hydrogen) atoms. The van der Waals surface area contributed by atoms with E-state index in [-0.39, 0.29) is 36.1 Å². The van der Waals surface area contributed by atoms with Crippen LogP contribution in [-0.4, -0.2) is 51.5 Å². The molecule has 0 radical (unpaired) electrons. The fraction of sp³-hybridized carbons (Fsp3) is 0.303. The van der Waals surface area contributed by atoms with Crippen molar-refractivity contribution < 1.29 is 23.9 Å². The topological polar surface area (TPSA) is 124 Å². The molecule has 0 unspecified atom stereocenters. The molecule has 0 aliphatic carbocycles. The smallest absolute Gasteiger partial charge is 0.338 e. The third-order valence-corrected chi connectivity index (χ3v) is 7.47. The lowest BCUT2D eigenvalue weighted by molar-refractivity contribution is -0.113. The van der Waals surface area contributed by atoms with E-state index in [1.54, 1.807) is 31.2 Å². The Kier molecular flexibility index (Phi) is 10.8. The third kappa shape index (κ3) is 8.47. The number of hydrogen-bond acceptors (Lipinski definition) is 8. The van der Waals surface area contributed by atoms with Crippen LogP contribution in [-0.2, 0) is 21.5 Å². The number of carbonyl (C=O) groups excluding carboxylic acids is 3. The van der Waals surface area contributed by atoms with E-state index in [0.717, 1.165) is 17.0 Å². The summed E-state index contributed by atoms with van der Waals surface area (Å²) in [5.41, 5.74) is 3.40. The van der Waals surface area contributed by atoms with Crippen LogP contribution in [0.3, 0.4) is 0 Å². The Hall–Kier alpha value is -4.64. The van der Waals surface area contributed by atoms with Gasteiger partial charge in [-0.2, -0.15) is 0 Å². The highest BCUT2D eigenvalue weighted by molar-refractivity contribution is 7.99. The molecule has 0 saturated heterocycles. The molecule has 10 nitrogen and oxygen atoms in total. The second kappa shape index (κ2) is 14.7. The fourth-order valence-electron chi connectivity index (χ4n) is 4.24. The summed E-state index contributed by atoms with van der Waals surface area (Å²) in [7, 11) is 0. The van der Waals surface area contributed by atoms with Crippen molar-refractivity contribution in [2.24, 2.45) is 0 Å². The van der Waals surface area contributed by atoms with Crippen LogP contribution in [0.15, 0.2) is 78.0 Å². The van der Waals surface area contributed by atoms with Gasteiger partial charge in [0.2, 0.25) is 5.91 Å². The van der Waals surface area contributed by atoms with E-state index in [4.69, 9.17) is 9.47 Å². The summed E-state index contributed by atoms with van der Waals surface area (Å²) in [6.07, 6.45) is 0. The van der Waals surface area contributed by atoms with Gasteiger partial charge in [-0.15, -0.1) is 10.2 Å². The highest BCUT2D eigenvalue weighted by atomic mass is 32.2. The summed E-state index contributed by atoms with van der Waals surface area (Å²) in [6.45, 7) is 11.0. The molecule has 1 heterocycles. The molecule has 0 bridgehead atoms. The van der Waals surface area contributed by atoms with Crippen molar-refractivity contribution in [3.05, 3.63) is 95.3 Å². The Morgan fingerprint density at radius 1 is 0.841 bits per heavy atom. The van der Waals surface area contributed by atoms with Crippen molar-refractivity contribution in [2.75, 3.05) is 24.3 Å². The predicted molar refractivity (Wildman–Crippen MR) is 171 cm³/mol. The van der Waals surface area contributed by atoms with Gasteiger partial charge in [-0.25, -0.2) is 4.79 Å². The van der Waals surface area contributed by atoms with Crippen LogP contribution in [0.4, 0.5) is 5.69 Å². The number of amides is 2. The van der Waals surface area contributed by atoms with Crippen LogP contribution < -0.4 is 15.4 Å². The zero-order chi connectivity index (χ0) is 31.7. The molecule has 230 valence electrons. The van der Waals surface area contributed by atoms with E-state index in [9.17, 15) is 14.4 Å². The van der Waals surface area contributed by atoms with E-state index in [2.05, 4.69) is 41.6 Å². The van der Waals surface area contributed by atoms with Gasteiger partial charge in [0.05, 0.1) is 31.1 Å². The SMILES string of the molecule is CCOC(=O)c1ccc(NC(=O)CSc2nnc(CNC(=O)c3ccc(C(C)(C)C)cc3)n2-c2ccc(OCC)cc2)cc1. The largest absolute Gasteiger partial charge is 0.494 e. The van der Waals surface area contributed by atoms with Gasteiger partial charge in [-0.05, 0) is 85.5 Å². The van der Waals surface area contributed by atoms with Gasteiger partial charge in [-0.3, -0.25) is 14.2 Å². The zero-order valence-corrected chi connectivity index (χ0v) is 26.4. The van der Waals surface area contributed by atoms with E-state index in [1.165, 1.54) is 11.8 Å².